The zero-order valence-corrected chi connectivity index (χ0v) is 10.5. The summed E-state index contributed by atoms with van der Waals surface area (Å²) in [4.78, 5) is 11.7. The van der Waals surface area contributed by atoms with Crippen LogP contribution >= 0.6 is 0 Å². The van der Waals surface area contributed by atoms with Gasteiger partial charge in [0.1, 0.15) is 11.5 Å². The number of hydrogen-bond acceptors (Lipinski definition) is 3. The molecule has 0 unspecified atom stereocenters. The van der Waals surface area contributed by atoms with Crippen molar-refractivity contribution in [3.8, 4) is 11.5 Å². The van der Waals surface area contributed by atoms with Crippen LogP contribution in [0, 0.1) is 0 Å². The summed E-state index contributed by atoms with van der Waals surface area (Å²) in [5, 5.41) is 2.75. The largest absolute Gasteiger partial charge is 0.497 e. The van der Waals surface area contributed by atoms with Crippen molar-refractivity contribution in [1.29, 1.82) is 0 Å². The quantitative estimate of drug-likeness (QED) is 0.823. The highest BCUT2D eigenvalue weighted by Crippen LogP contribution is 2.20. The number of likely N-dealkylation sites (N-methyl/N-ethyl adjacent to an activating group) is 1. The van der Waals surface area contributed by atoms with Crippen LogP contribution in [0.15, 0.2) is 24.3 Å². The van der Waals surface area contributed by atoms with Gasteiger partial charge in [-0.1, -0.05) is 13.0 Å². The number of hydrogen-bond donors (Lipinski definition) is 1. The van der Waals surface area contributed by atoms with Gasteiger partial charge >= 0.3 is 0 Å². The highest BCUT2D eigenvalue weighted by atomic mass is 16.5. The highest BCUT2D eigenvalue weighted by Gasteiger charge is 2.17. The average Bonchev–Trinajstić information content (AvgIpc) is 2.36. The van der Waals surface area contributed by atoms with Crippen molar-refractivity contribution in [2.75, 3.05) is 13.7 Å². The fraction of sp³-hybridized carbons (Fsp3) is 0.462. The lowest BCUT2D eigenvalue weighted by Crippen LogP contribution is -2.37. The van der Waals surface area contributed by atoms with Gasteiger partial charge in [-0.2, -0.15) is 0 Å². The first kappa shape index (κ1) is 13.4. The number of benzene rings is 1. The van der Waals surface area contributed by atoms with E-state index in [0.29, 0.717) is 24.5 Å². The highest BCUT2D eigenvalue weighted by molar-refractivity contribution is 5.81. The molecule has 17 heavy (non-hydrogen) atoms. The molecule has 0 fully saturated rings. The van der Waals surface area contributed by atoms with E-state index in [4.69, 9.17) is 9.47 Å². The van der Waals surface area contributed by atoms with Gasteiger partial charge in [0.25, 0.3) is 5.91 Å². The molecule has 1 N–H and O–H groups in total. The SMILES string of the molecule is CCNC(=O)[C@H](CC)Oc1cccc(OC)c1. The molecular formula is C13H19NO3. The second kappa shape index (κ2) is 6.78. The van der Waals surface area contributed by atoms with Crippen LogP contribution in [0.25, 0.3) is 0 Å². The lowest BCUT2D eigenvalue weighted by molar-refractivity contribution is -0.128. The van der Waals surface area contributed by atoms with Crippen LogP contribution in [0.1, 0.15) is 20.3 Å². The molecule has 4 nitrogen and oxygen atoms in total. The smallest absolute Gasteiger partial charge is 0.261 e. The van der Waals surface area contributed by atoms with Gasteiger partial charge in [-0.15, -0.1) is 0 Å². The van der Waals surface area contributed by atoms with E-state index in [1.807, 2.05) is 32.0 Å². The van der Waals surface area contributed by atoms with Crippen molar-refractivity contribution < 1.29 is 14.3 Å². The third kappa shape index (κ3) is 3.98. The minimum atomic E-state index is -0.456. The Balaban J connectivity index is 2.69. The van der Waals surface area contributed by atoms with Crippen LogP contribution in [0.2, 0.25) is 0 Å². The predicted octanol–water partition coefficient (Wildman–Crippen LogP) is 1.99. The molecule has 0 saturated heterocycles. The molecule has 0 aliphatic heterocycles. The van der Waals surface area contributed by atoms with Crippen molar-refractivity contribution in [3.05, 3.63) is 24.3 Å². The maximum Gasteiger partial charge on any atom is 0.261 e. The van der Waals surface area contributed by atoms with Gasteiger partial charge in [-0.25, -0.2) is 0 Å². The van der Waals surface area contributed by atoms with Gasteiger partial charge in [0.05, 0.1) is 7.11 Å². The minimum absolute atomic E-state index is 0.0854. The van der Waals surface area contributed by atoms with Crippen LogP contribution in [0.4, 0.5) is 0 Å². The molecule has 1 aromatic rings. The molecule has 1 aromatic carbocycles. The Hall–Kier alpha value is -1.71. The lowest BCUT2D eigenvalue weighted by Gasteiger charge is -2.17. The van der Waals surface area contributed by atoms with Gasteiger partial charge in [0.15, 0.2) is 6.10 Å². The molecular weight excluding hydrogens is 218 g/mol. The maximum atomic E-state index is 11.7. The summed E-state index contributed by atoms with van der Waals surface area (Å²) in [7, 11) is 1.60. The van der Waals surface area contributed by atoms with E-state index in [2.05, 4.69) is 5.32 Å². The summed E-state index contributed by atoms with van der Waals surface area (Å²) < 4.78 is 10.7. The second-order valence-electron chi connectivity index (χ2n) is 3.59. The molecule has 4 heteroatoms. The molecule has 0 aromatic heterocycles. The van der Waals surface area contributed by atoms with Crippen molar-refractivity contribution >= 4 is 5.91 Å². The van der Waals surface area contributed by atoms with Gasteiger partial charge in [0.2, 0.25) is 0 Å². The van der Waals surface area contributed by atoms with Crippen LogP contribution < -0.4 is 14.8 Å². The van der Waals surface area contributed by atoms with E-state index in [0.717, 1.165) is 0 Å². The van der Waals surface area contributed by atoms with Crippen molar-refractivity contribution in [2.45, 2.75) is 26.4 Å². The van der Waals surface area contributed by atoms with Gasteiger partial charge in [-0.05, 0) is 25.5 Å². The third-order valence-electron chi connectivity index (χ3n) is 2.33. The van der Waals surface area contributed by atoms with E-state index < -0.39 is 6.10 Å². The molecule has 94 valence electrons. The number of rotatable bonds is 6. The molecule has 0 heterocycles. The first-order valence-corrected chi connectivity index (χ1v) is 5.79. The van der Waals surface area contributed by atoms with Crippen LogP contribution in [-0.2, 0) is 4.79 Å². The van der Waals surface area contributed by atoms with Gasteiger partial charge in [-0.3, -0.25) is 4.79 Å². The molecule has 0 saturated carbocycles. The first-order valence-electron chi connectivity index (χ1n) is 5.79. The number of carbonyl (C=O) groups excluding carboxylic acids is 1. The van der Waals surface area contributed by atoms with Crippen molar-refractivity contribution in [1.82, 2.24) is 5.32 Å². The van der Waals surface area contributed by atoms with Gasteiger partial charge in [0, 0.05) is 12.6 Å². The number of amides is 1. The van der Waals surface area contributed by atoms with Crippen molar-refractivity contribution in [2.24, 2.45) is 0 Å². The number of ether oxygens (including phenoxy) is 2. The van der Waals surface area contributed by atoms with Gasteiger partial charge < -0.3 is 14.8 Å². The number of nitrogens with one attached hydrogen (secondary N) is 1. The fourth-order valence-corrected chi connectivity index (χ4v) is 1.45. The molecule has 0 bridgehead atoms. The second-order valence-corrected chi connectivity index (χ2v) is 3.59. The summed E-state index contributed by atoms with van der Waals surface area (Å²) in [6.07, 6.45) is 0.172. The number of carbonyl (C=O) groups is 1. The van der Waals surface area contributed by atoms with Crippen LogP contribution in [-0.4, -0.2) is 25.7 Å². The van der Waals surface area contributed by atoms with E-state index in [9.17, 15) is 4.79 Å². The summed E-state index contributed by atoms with van der Waals surface area (Å²) in [5.41, 5.74) is 0. The summed E-state index contributed by atoms with van der Waals surface area (Å²) >= 11 is 0. The van der Waals surface area contributed by atoms with E-state index in [-0.39, 0.29) is 5.91 Å². The molecule has 0 spiro atoms. The van der Waals surface area contributed by atoms with Crippen LogP contribution in [0.3, 0.4) is 0 Å². The number of methoxy groups -OCH3 is 1. The monoisotopic (exact) mass is 237 g/mol. The molecule has 0 aliphatic carbocycles. The Kier molecular flexibility index (Phi) is 5.33. The Morgan fingerprint density at radius 1 is 1.35 bits per heavy atom. The third-order valence-corrected chi connectivity index (χ3v) is 2.33. The van der Waals surface area contributed by atoms with E-state index in [1.165, 1.54) is 0 Å². The maximum absolute atomic E-state index is 11.7. The average molecular weight is 237 g/mol. The fourth-order valence-electron chi connectivity index (χ4n) is 1.45. The summed E-state index contributed by atoms with van der Waals surface area (Å²) in [5.74, 6) is 1.27. The van der Waals surface area contributed by atoms with Crippen molar-refractivity contribution in [3.63, 3.8) is 0 Å². The predicted molar refractivity (Wildman–Crippen MR) is 66.4 cm³/mol. The first-order chi connectivity index (χ1) is 8.21. The standard InChI is InChI=1S/C13H19NO3/c1-4-12(13(15)14-5-2)17-11-8-6-7-10(9-11)16-3/h6-9,12H,4-5H2,1-3H3,(H,14,15)/t12-/m0/s1. The minimum Gasteiger partial charge on any atom is -0.497 e. The van der Waals surface area contributed by atoms with E-state index >= 15 is 0 Å². The van der Waals surface area contributed by atoms with E-state index in [1.54, 1.807) is 13.2 Å². The molecule has 0 aliphatic rings. The zero-order chi connectivity index (χ0) is 12.7. The molecule has 1 atom stereocenters. The molecule has 1 rings (SSSR count). The molecule has 0 radical (unpaired) electrons. The Labute approximate surface area is 102 Å². The topological polar surface area (TPSA) is 47.6 Å². The normalized spacial score (nSPS) is 11.7. The summed E-state index contributed by atoms with van der Waals surface area (Å²) in [6, 6.07) is 7.24. The zero-order valence-electron chi connectivity index (χ0n) is 10.5. The Bertz CT molecular complexity index is 365. The Morgan fingerprint density at radius 2 is 2.06 bits per heavy atom. The Morgan fingerprint density at radius 3 is 2.65 bits per heavy atom. The molecule has 1 amide bonds. The lowest BCUT2D eigenvalue weighted by atomic mass is 10.2. The van der Waals surface area contributed by atoms with Crippen LogP contribution in [0.5, 0.6) is 11.5 Å². The summed E-state index contributed by atoms with van der Waals surface area (Å²) in [6.45, 7) is 4.41.